The van der Waals surface area contributed by atoms with Gasteiger partial charge in [-0.25, -0.2) is 0 Å². The van der Waals surface area contributed by atoms with Crippen molar-refractivity contribution in [2.24, 2.45) is 0 Å². The molecule has 1 heterocycles. The molecule has 0 unspecified atom stereocenters. The fourth-order valence-corrected chi connectivity index (χ4v) is 2.68. The standard InChI is InChI=1S/C10H15NS/c1-8-9-6-4-2-3-5-7-10(9)11-12-8/h2-7H2,1H3. The molecule has 0 saturated carbocycles. The summed E-state index contributed by atoms with van der Waals surface area (Å²) in [7, 11) is 0. The van der Waals surface area contributed by atoms with Crippen molar-refractivity contribution in [2.45, 2.75) is 45.4 Å². The highest BCUT2D eigenvalue weighted by atomic mass is 32.1. The summed E-state index contributed by atoms with van der Waals surface area (Å²) in [6, 6.07) is 0. The van der Waals surface area contributed by atoms with Crippen molar-refractivity contribution in [1.82, 2.24) is 4.37 Å². The molecule has 1 aromatic heterocycles. The van der Waals surface area contributed by atoms with Crippen LogP contribution in [0.4, 0.5) is 0 Å². The Balaban J connectivity index is 2.26. The minimum atomic E-state index is 1.22. The summed E-state index contributed by atoms with van der Waals surface area (Å²) >= 11 is 1.69. The highest BCUT2D eigenvalue weighted by Gasteiger charge is 2.11. The molecule has 12 heavy (non-hydrogen) atoms. The minimum absolute atomic E-state index is 1.22. The maximum Gasteiger partial charge on any atom is 0.0576 e. The second kappa shape index (κ2) is 3.56. The summed E-state index contributed by atoms with van der Waals surface area (Å²) < 4.78 is 4.50. The van der Waals surface area contributed by atoms with E-state index >= 15 is 0 Å². The van der Waals surface area contributed by atoms with Crippen LogP contribution in [-0.4, -0.2) is 4.37 Å². The van der Waals surface area contributed by atoms with Gasteiger partial charge in [0, 0.05) is 4.88 Å². The second-order valence-electron chi connectivity index (χ2n) is 3.58. The topological polar surface area (TPSA) is 12.9 Å². The molecule has 0 bridgehead atoms. The van der Waals surface area contributed by atoms with Crippen LogP contribution in [0.5, 0.6) is 0 Å². The molecule has 1 aliphatic carbocycles. The quantitative estimate of drug-likeness (QED) is 0.599. The number of nitrogens with zero attached hydrogens (tertiary/aromatic N) is 1. The van der Waals surface area contributed by atoms with Crippen LogP contribution in [0.2, 0.25) is 0 Å². The first-order valence-corrected chi connectivity index (χ1v) is 5.59. The highest BCUT2D eigenvalue weighted by molar-refractivity contribution is 7.05. The number of hydrogen-bond donors (Lipinski definition) is 0. The van der Waals surface area contributed by atoms with Crippen LogP contribution < -0.4 is 0 Å². The molecule has 0 amide bonds. The Bertz CT molecular complexity index is 265. The van der Waals surface area contributed by atoms with Crippen molar-refractivity contribution in [3.63, 3.8) is 0 Å². The van der Waals surface area contributed by atoms with E-state index in [1.54, 1.807) is 17.1 Å². The zero-order valence-electron chi connectivity index (χ0n) is 7.60. The molecule has 1 aliphatic rings. The van der Waals surface area contributed by atoms with Crippen LogP contribution in [0.25, 0.3) is 0 Å². The van der Waals surface area contributed by atoms with Crippen LogP contribution >= 0.6 is 11.5 Å². The maximum absolute atomic E-state index is 4.50. The smallest absolute Gasteiger partial charge is 0.0576 e. The third-order valence-electron chi connectivity index (χ3n) is 2.66. The number of aryl methyl sites for hydroxylation is 2. The van der Waals surface area contributed by atoms with Gasteiger partial charge in [-0.3, -0.25) is 0 Å². The Hall–Kier alpha value is -0.370. The normalized spacial score (nSPS) is 18.1. The molecule has 0 N–H and O–H groups in total. The molecule has 2 heteroatoms. The lowest BCUT2D eigenvalue weighted by molar-refractivity contribution is 0.612. The van der Waals surface area contributed by atoms with E-state index in [1.165, 1.54) is 49.1 Å². The van der Waals surface area contributed by atoms with Gasteiger partial charge < -0.3 is 0 Å². The van der Waals surface area contributed by atoms with Crippen LogP contribution in [0.15, 0.2) is 0 Å². The van der Waals surface area contributed by atoms with Crippen molar-refractivity contribution < 1.29 is 0 Å². The fraction of sp³-hybridized carbons (Fsp3) is 0.700. The Morgan fingerprint density at radius 2 is 1.83 bits per heavy atom. The molecule has 0 fully saturated rings. The van der Waals surface area contributed by atoms with E-state index < -0.39 is 0 Å². The predicted molar refractivity (Wildman–Crippen MR) is 52.7 cm³/mol. The van der Waals surface area contributed by atoms with Gasteiger partial charge in [-0.1, -0.05) is 12.8 Å². The van der Waals surface area contributed by atoms with E-state index in [9.17, 15) is 0 Å². The molecule has 66 valence electrons. The molecular formula is C10H15NS. The largest absolute Gasteiger partial charge is 0.197 e. The van der Waals surface area contributed by atoms with Gasteiger partial charge in [0.25, 0.3) is 0 Å². The van der Waals surface area contributed by atoms with Gasteiger partial charge in [0.1, 0.15) is 0 Å². The summed E-state index contributed by atoms with van der Waals surface area (Å²) in [4.78, 5) is 1.45. The molecule has 0 saturated heterocycles. The van der Waals surface area contributed by atoms with E-state index in [1.807, 2.05) is 0 Å². The molecule has 0 aromatic carbocycles. The first-order valence-electron chi connectivity index (χ1n) is 4.82. The monoisotopic (exact) mass is 181 g/mol. The van der Waals surface area contributed by atoms with Crippen molar-refractivity contribution in [2.75, 3.05) is 0 Å². The van der Waals surface area contributed by atoms with Gasteiger partial charge in [0.05, 0.1) is 5.69 Å². The zero-order valence-corrected chi connectivity index (χ0v) is 8.41. The second-order valence-corrected chi connectivity index (χ2v) is 4.56. The van der Waals surface area contributed by atoms with Crippen molar-refractivity contribution in [1.29, 1.82) is 0 Å². The van der Waals surface area contributed by atoms with Gasteiger partial charge in [-0.15, -0.1) is 0 Å². The van der Waals surface area contributed by atoms with E-state index in [-0.39, 0.29) is 0 Å². The first kappa shape index (κ1) is 8.24. The van der Waals surface area contributed by atoms with Gasteiger partial charge in [0.15, 0.2) is 0 Å². The van der Waals surface area contributed by atoms with Crippen LogP contribution in [0, 0.1) is 6.92 Å². The lowest BCUT2D eigenvalue weighted by Gasteiger charge is -2.08. The van der Waals surface area contributed by atoms with Crippen molar-refractivity contribution >= 4 is 11.5 Å². The van der Waals surface area contributed by atoms with Gasteiger partial charge in [0.2, 0.25) is 0 Å². The average Bonchev–Trinajstić information content (AvgIpc) is 2.31. The maximum atomic E-state index is 4.50. The third-order valence-corrected chi connectivity index (χ3v) is 3.49. The molecular weight excluding hydrogens is 166 g/mol. The van der Waals surface area contributed by atoms with Gasteiger partial charge in [-0.05, 0) is 49.7 Å². The third kappa shape index (κ3) is 1.53. The van der Waals surface area contributed by atoms with E-state index in [2.05, 4.69) is 11.3 Å². The zero-order chi connectivity index (χ0) is 8.39. The summed E-state index contributed by atoms with van der Waals surface area (Å²) in [5.41, 5.74) is 2.97. The first-order chi connectivity index (χ1) is 5.88. The van der Waals surface area contributed by atoms with Crippen LogP contribution in [0.3, 0.4) is 0 Å². The Morgan fingerprint density at radius 1 is 1.08 bits per heavy atom. The Kier molecular flexibility index (Phi) is 2.45. The predicted octanol–water partition coefficient (Wildman–Crippen LogP) is 3.11. The number of aromatic nitrogens is 1. The minimum Gasteiger partial charge on any atom is -0.197 e. The highest BCUT2D eigenvalue weighted by Crippen LogP contribution is 2.24. The molecule has 0 radical (unpaired) electrons. The fourth-order valence-electron chi connectivity index (χ4n) is 1.90. The molecule has 0 spiro atoms. The molecule has 2 rings (SSSR count). The summed E-state index contributed by atoms with van der Waals surface area (Å²) in [6.07, 6.45) is 8.02. The number of fused-ring (bicyclic) bond motifs is 1. The van der Waals surface area contributed by atoms with E-state index in [0.29, 0.717) is 0 Å². The molecule has 0 aliphatic heterocycles. The van der Waals surface area contributed by atoms with E-state index in [0.717, 1.165) is 0 Å². The Morgan fingerprint density at radius 3 is 2.67 bits per heavy atom. The number of rotatable bonds is 0. The summed E-state index contributed by atoms with van der Waals surface area (Å²) in [5, 5.41) is 0. The van der Waals surface area contributed by atoms with Crippen molar-refractivity contribution in [3.05, 3.63) is 16.1 Å². The number of hydrogen-bond acceptors (Lipinski definition) is 2. The average molecular weight is 181 g/mol. The lowest BCUT2D eigenvalue weighted by atomic mass is 9.98. The lowest BCUT2D eigenvalue weighted by Crippen LogP contribution is -1.98. The summed E-state index contributed by atoms with van der Waals surface area (Å²) in [6.45, 7) is 2.21. The molecule has 0 atom stereocenters. The Labute approximate surface area is 78.0 Å². The summed E-state index contributed by atoms with van der Waals surface area (Å²) in [5.74, 6) is 0. The molecule has 1 aromatic rings. The molecule has 1 nitrogen and oxygen atoms in total. The van der Waals surface area contributed by atoms with Gasteiger partial charge in [-0.2, -0.15) is 4.37 Å². The van der Waals surface area contributed by atoms with Crippen LogP contribution in [-0.2, 0) is 12.8 Å². The van der Waals surface area contributed by atoms with Crippen LogP contribution in [0.1, 0.15) is 41.8 Å². The van der Waals surface area contributed by atoms with Crippen molar-refractivity contribution in [3.8, 4) is 0 Å². The SMILES string of the molecule is Cc1snc2c1CCCCCC2. The van der Waals surface area contributed by atoms with Gasteiger partial charge >= 0.3 is 0 Å². The van der Waals surface area contributed by atoms with E-state index in [4.69, 9.17) is 0 Å².